The van der Waals surface area contributed by atoms with Gasteiger partial charge in [-0.25, -0.2) is 0 Å². The van der Waals surface area contributed by atoms with Crippen LogP contribution in [0.15, 0.2) is 12.1 Å². The Morgan fingerprint density at radius 2 is 1.87 bits per heavy atom. The molecule has 0 aliphatic heterocycles. The molecule has 0 bridgehead atoms. The number of hydrogen-bond acceptors (Lipinski definition) is 2. The molecule has 0 amide bonds. The van der Waals surface area contributed by atoms with E-state index in [4.69, 9.17) is 9.84 Å². The highest BCUT2D eigenvalue weighted by atomic mass is 16.5. The quantitative estimate of drug-likeness (QED) is 0.820. The van der Waals surface area contributed by atoms with Crippen molar-refractivity contribution in [2.75, 3.05) is 13.7 Å². The Labute approximate surface area is 90.9 Å². The second kappa shape index (κ2) is 4.67. The smallest absolute Gasteiger partial charge is 0.122 e. The van der Waals surface area contributed by atoms with Crippen LogP contribution >= 0.6 is 0 Å². The molecule has 0 saturated heterocycles. The van der Waals surface area contributed by atoms with Crippen molar-refractivity contribution in [3.63, 3.8) is 0 Å². The molecule has 0 atom stereocenters. The summed E-state index contributed by atoms with van der Waals surface area (Å²) in [7, 11) is 1.70. The van der Waals surface area contributed by atoms with Gasteiger partial charge in [0, 0.05) is 6.61 Å². The van der Waals surface area contributed by atoms with Crippen molar-refractivity contribution in [2.24, 2.45) is 0 Å². The zero-order valence-corrected chi connectivity index (χ0v) is 9.25. The lowest BCUT2D eigenvalue weighted by Crippen LogP contribution is -2.06. The van der Waals surface area contributed by atoms with Gasteiger partial charge in [0.05, 0.1) is 7.11 Å². The highest BCUT2D eigenvalue weighted by molar-refractivity contribution is 5.44. The van der Waals surface area contributed by atoms with Crippen molar-refractivity contribution in [1.29, 1.82) is 0 Å². The molecule has 0 fully saturated rings. The minimum Gasteiger partial charge on any atom is -0.496 e. The first kappa shape index (κ1) is 10.5. The molecule has 82 valence electrons. The van der Waals surface area contributed by atoms with Crippen LogP contribution in [0.25, 0.3) is 0 Å². The van der Waals surface area contributed by atoms with E-state index in [1.807, 2.05) is 0 Å². The molecule has 0 radical (unpaired) electrons. The zero-order chi connectivity index (χ0) is 10.7. The van der Waals surface area contributed by atoms with Crippen LogP contribution in [0, 0.1) is 0 Å². The van der Waals surface area contributed by atoms with Gasteiger partial charge in [-0.3, -0.25) is 0 Å². The van der Waals surface area contributed by atoms with Gasteiger partial charge in [-0.1, -0.05) is 6.07 Å². The van der Waals surface area contributed by atoms with Crippen molar-refractivity contribution in [3.05, 3.63) is 28.8 Å². The molecule has 2 heteroatoms. The van der Waals surface area contributed by atoms with E-state index in [0.717, 1.165) is 11.3 Å². The van der Waals surface area contributed by atoms with Gasteiger partial charge in [0.25, 0.3) is 0 Å². The van der Waals surface area contributed by atoms with E-state index in [1.54, 1.807) is 7.11 Å². The molecule has 0 saturated carbocycles. The average Bonchev–Trinajstić information content (AvgIpc) is 2.28. The second-order valence-corrected chi connectivity index (χ2v) is 4.11. The predicted octanol–water partition coefficient (Wildman–Crippen LogP) is 2.11. The molecule has 1 aliphatic rings. The molecule has 1 aromatic rings. The van der Waals surface area contributed by atoms with Crippen molar-refractivity contribution in [1.82, 2.24) is 0 Å². The van der Waals surface area contributed by atoms with E-state index in [0.29, 0.717) is 6.42 Å². The van der Waals surface area contributed by atoms with E-state index in [1.165, 1.54) is 36.8 Å². The monoisotopic (exact) mass is 206 g/mol. The third-order valence-electron chi connectivity index (χ3n) is 3.13. The fourth-order valence-corrected chi connectivity index (χ4v) is 2.32. The lowest BCUT2D eigenvalue weighted by molar-refractivity contribution is 0.296. The number of benzene rings is 1. The maximum absolute atomic E-state index is 8.99. The van der Waals surface area contributed by atoms with E-state index >= 15 is 0 Å². The molecule has 1 N–H and O–H groups in total. The van der Waals surface area contributed by atoms with Gasteiger partial charge in [-0.05, 0) is 54.9 Å². The van der Waals surface area contributed by atoms with E-state index < -0.39 is 0 Å². The maximum atomic E-state index is 8.99. The summed E-state index contributed by atoms with van der Waals surface area (Å²) < 4.78 is 5.35. The van der Waals surface area contributed by atoms with Crippen molar-refractivity contribution in [2.45, 2.75) is 32.1 Å². The number of aryl methyl sites for hydroxylation is 2. The van der Waals surface area contributed by atoms with Crippen LogP contribution in [0.5, 0.6) is 5.75 Å². The van der Waals surface area contributed by atoms with Gasteiger partial charge in [-0.15, -0.1) is 0 Å². The standard InChI is InChI=1S/C13H18O2/c1-15-13-9-11-5-3-2-4-10(11)8-12(13)6-7-14/h8-9,14H,2-7H2,1H3. The number of aliphatic hydroxyl groups is 1. The van der Waals surface area contributed by atoms with Gasteiger partial charge in [0.2, 0.25) is 0 Å². The van der Waals surface area contributed by atoms with Crippen molar-refractivity contribution < 1.29 is 9.84 Å². The molecule has 0 aromatic heterocycles. The third kappa shape index (κ3) is 2.15. The molecular formula is C13H18O2. The highest BCUT2D eigenvalue weighted by Gasteiger charge is 2.13. The van der Waals surface area contributed by atoms with E-state index in [-0.39, 0.29) is 6.61 Å². The Hall–Kier alpha value is -1.02. The Kier molecular flexibility index (Phi) is 3.27. The summed E-state index contributed by atoms with van der Waals surface area (Å²) in [6.07, 6.45) is 5.62. The molecule has 1 aliphatic carbocycles. The van der Waals surface area contributed by atoms with Gasteiger partial charge in [0.15, 0.2) is 0 Å². The molecular weight excluding hydrogens is 188 g/mol. The number of methoxy groups -OCH3 is 1. The van der Waals surface area contributed by atoms with Gasteiger partial charge in [0.1, 0.15) is 5.75 Å². The third-order valence-corrected chi connectivity index (χ3v) is 3.13. The first-order valence-electron chi connectivity index (χ1n) is 5.64. The highest BCUT2D eigenvalue weighted by Crippen LogP contribution is 2.29. The van der Waals surface area contributed by atoms with Crippen molar-refractivity contribution in [3.8, 4) is 5.75 Å². The Morgan fingerprint density at radius 1 is 1.20 bits per heavy atom. The molecule has 0 heterocycles. The second-order valence-electron chi connectivity index (χ2n) is 4.11. The fourth-order valence-electron chi connectivity index (χ4n) is 2.32. The minimum absolute atomic E-state index is 0.190. The van der Waals surface area contributed by atoms with Crippen LogP contribution in [-0.2, 0) is 19.3 Å². The Balaban J connectivity index is 2.37. The summed E-state index contributed by atoms with van der Waals surface area (Å²) in [5.74, 6) is 0.935. The van der Waals surface area contributed by atoms with Gasteiger partial charge >= 0.3 is 0 Å². The van der Waals surface area contributed by atoms with Crippen LogP contribution in [-0.4, -0.2) is 18.8 Å². The molecule has 0 unspecified atom stereocenters. The Bertz CT molecular complexity index is 345. The normalized spacial score (nSPS) is 14.8. The summed E-state index contributed by atoms with van der Waals surface area (Å²) in [4.78, 5) is 0. The number of ether oxygens (including phenoxy) is 1. The molecule has 2 rings (SSSR count). The van der Waals surface area contributed by atoms with E-state index in [9.17, 15) is 0 Å². The molecule has 15 heavy (non-hydrogen) atoms. The zero-order valence-electron chi connectivity index (χ0n) is 9.25. The maximum Gasteiger partial charge on any atom is 0.122 e. The lowest BCUT2D eigenvalue weighted by Gasteiger charge is -2.19. The van der Waals surface area contributed by atoms with Crippen LogP contribution in [0.4, 0.5) is 0 Å². The number of aliphatic hydroxyl groups excluding tert-OH is 1. The largest absolute Gasteiger partial charge is 0.496 e. The Morgan fingerprint density at radius 3 is 2.47 bits per heavy atom. The topological polar surface area (TPSA) is 29.5 Å². The van der Waals surface area contributed by atoms with Crippen LogP contribution in [0.1, 0.15) is 29.5 Å². The van der Waals surface area contributed by atoms with Crippen LogP contribution < -0.4 is 4.74 Å². The molecule has 2 nitrogen and oxygen atoms in total. The summed E-state index contributed by atoms with van der Waals surface area (Å²) in [5.41, 5.74) is 4.02. The predicted molar refractivity (Wildman–Crippen MR) is 60.4 cm³/mol. The fraction of sp³-hybridized carbons (Fsp3) is 0.538. The average molecular weight is 206 g/mol. The first-order valence-corrected chi connectivity index (χ1v) is 5.64. The molecule has 1 aromatic carbocycles. The van der Waals surface area contributed by atoms with Gasteiger partial charge < -0.3 is 9.84 Å². The van der Waals surface area contributed by atoms with Crippen LogP contribution in [0.3, 0.4) is 0 Å². The van der Waals surface area contributed by atoms with Gasteiger partial charge in [-0.2, -0.15) is 0 Å². The first-order chi connectivity index (χ1) is 7.35. The molecule has 0 spiro atoms. The lowest BCUT2D eigenvalue weighted by atomic mass is 9.89. The number of hydrogen-bond donors (Lipinski definition) is 1. The van der Waals surface area contributed by atoms with Crippen LogP contribution in [0.2, 0.25) is 0 Å². The van der Waals surface area contributed by atoms with Crippen molar-refractivity contribution >= 4 is 0 Å². The SMILES string of the molecule is COc1cc2c(cc1CCO)CCCC2. The van der Waals surface area contributed by atoms with E-state index in [2.05, 4.69) is 12.1 Å². The number of rotatable bonds is 3. The summed E-state index contributed by atoms with van der Waals surface area (Å²) in [5, 5.41) is 8.99. The minimum atomic E-state index is 0.190. The summed E-state index contributed by atoms with van der Waals surface area (Å²) >= 11 is 0. The number of fused-ring (bicyclic) bond motifs is 1. The summed E-state index contributed by atoms with van der Waals surface area (Å²) in [6.45, 7) is 0.190. The summed E-state index contributed by atoms with van der Waals surface area (Å²) in [6, 6.07) is 4.36.